The first kappa shape index (κ1) is 13.1. The Balaban J connectivity index is 1.67. The molecule has 1 aromatic carbocycles. The molecule has 2 aromatic rings. The van der Waals surface area contributed by atoms with Crippen molar-refractivity contribution in [3.05, 3.63) is 45.4 Å². The van der Waals surface area contributed by atoms with Crippen molar-refractivity contribution in [2.24, 2.45) is 0 Å². The molecule has 104 valence electrons. The minimum atomic E-state index is -0.0359. The van der Waals surface area contributed by atoms with E-state index in [2.05, 4.69) is 15.6 Å². The number of amides is 1. The van der Waals surface area contributed by atoms with E-state index in [1.54, 1.807) is 11.3 Å². The van der Waals surface area contributed by atoms with Gasteiger partial charge in [-0.2, -0.15) is 0 Å². The molecule has 3 rings (SSSR count). The molecule has 5 heteroatoms. The van der Waals surface area contributed by atoms with Gasteiger partial charge in [-0.1, -0.05) is 0 Å². The molecule has 1 aromatic heterocycles. The van der Waals surface area contributed by atoms with Crippen molar-refractivity contribution < 1.29 is 4.79 Å². The molecule has 0 bridgehead atoms. The van der Waals surface area contributed by atoms with E-state index in [0.717, 1.165) is 41.3 Å². The van der Waals surface area contributed by atoms with Gasteiger partial charge in [-0.05, 0) is 43.5 Å². The standard InChI is InChI=1S/C15H17N3OS/c1-10-9-20-14(18-10)8-17-15(19)12-4-5-13-11(7-12)3-2-6-16-13/h4-5,7,9,16H,2-3,6,8H2,1H3,(H,17,19). The van der Waals surface area contributed by atoms with Crippen LogP contribution in [0.1, 0.15) is 33.0 Å². The number of thiazole rings is 1. The van der Waals surface area contributed by atoms with Crippen LogP contribution in [0.3, 0.4) is 0 Å². The number of rotatable bonds is 3. The molecule has 4 nitrogen and oxygen atoms in total. The van der Waals surface area contributed by atoms with E-state index in [-0.39, 0.29) is 5.91 Å². The van der Waals surface area contributed by atoms with E-state index >= 15 is 0 Å². The van der Waals surface area contributed by atoms with Crippen LogP contribution in [0.5, 0.6) is 0 Å². The van der Waals surface area contributed by atoms with Crippen LogP contribution in [0, 0.1) is 6.92 Å². The van der Waals surface area contributed by atoms with Crippen molar-refractivity contribution in [1.82, 2.24) is 10.3 Å². The number of aromatic nitrogens is 1. The second-order valence-corrected chi connectivity index (χ2v) is 5.91. The van der Waals surface area contributed by atoms with E-state index in [1.165, 1.54) is 5.56 Å². The third-order valence-electron chi connectivity index (χ3n) is 3.37. The van der Waals surface area contributed by atoms with Gasteiger partial charge in [0.2, 0.25) is 0 Å². The van der Waals surface area contributed by atoms with Crippen molar-refractivity contribution in [2.45, 2.75) is 26.3 Å². The zero-order valence-electron chi connectivity index (χ0n) is 11.4. The SMILES string of the molecule is Cc1csc(CNC(=O)c2ccc3c(c2)CCCN3)n1. The molecule has 2 heterocycles. The van der Waals surface area contributed by atoms with Crippen LogP contribution in [0.4, 0.5) is 5.69 Å². The van der Waals surface area contributed by atoms with Gasteiger partial charge < -0.3 is 10.6 Å². The van der Waals surface area contributed by atoms with Crippen LogP contribution in [0.2, 0.25) is 0 Å². The van der Waals surface area contributed by atoms with E-state index in [9.17, 15) is 4.79 Å². The molecule has 0 saturated carbocycles. The van der Waals surface area contributed by atoms with Gasteiger partial charge in [-0.25, -0.2) is 4.98 Å². The van der Waals surface area contributed by atoms with Gasteiger partial charge in [0.15, 0.2) is 0 Å². The summed E-state index contributed by atoms with van der Waals surface area (Å²) in [6.45, 7) is 3.47. The predicted octanol–water partition coefficient (Wildman–Crippen LogP) is 2.74. The number of benzene rings is 1. The molecular formula is C15H17N3OS. The Morgan fingerprint density at radius 2 is 2.40 bits per heavy atom. The van der Waals surface area contributed by atoms with Gasteiger partial charge in [0, 0.05) is 28.9 Å². The summed E-state index contributed by atoms with van der Waals surface area (Å²) >= 11 is 1.57. The largest absolute Gasteiger partial charge is 0.385 e. The maximum atomic E-state index is 12.2. The third-order valence-corrected chi connectivity index (χ3v) is 4.34. The number of carbonyl (C=O) groups excluding carboxylic acids is 1. The Bertz CT molecular complexity index is 636. The smallest absolute Gasteiger partial charge is 0.251 e. The molecule has 0 radical (unpaired) electrons. The van der Waals surface area contributed by atoms with Gasteiger partial charge in [-0.3, -0.25) is 4.79 Å². The van der Waals surface area contributed by atoms with Crippen molar-refractivity contribution in [2.75, 3.05) is 11.9 Å². The fourth-order valence-electron chi connectivity index (χ4n) is 2.36. The predicted molar refractivity (Wildman–Crippen MR) is 81.3 cm³/mol. The van der Waals surface area contributed by atoms with Gasteiger partial charge in [0.05, 0.1) is 6.54 Å². The summed E-state index contributed by atoms with van der Waals surface area (Å²) in [6.07, 6.45) is 2.16. The highest BCUT2D eigenvalue weighted by molar-refractivity contribution is 7.09. The first-order valence-electron chi connectivity index (χ1n) is 6.78. The minimum Gasteiger partial charge on any atom is -0.385 e. The number of hydrogen-bond donors (Lipinski definition) is 2. The Morgan fingerprint density at radius 1 is 1.50 bits per heavy atom. The molecule has 20 heavy (non-hydrogen) atoms. The molecule has 2 N–H and O–H groups in total. The Hall–Kier alpha value is -1.88. The second kappa shape index (κ2) is 5.63. The molecule has 1 amide bonds. The summed E-state index contributed by atoms with van der Waals surface area (Å²) in [5, 5.41) is 9.21. The molecule has 0 aliphatic carbocycles. The summed E-state index contributed by atoms with van der Waals surface area (Å²) in [7, 11) is 0. The Kier molecular flexibility index (Phi) is 3.69. The average Bonchev–Trinajstić information content (AvgIpc) is 2.90. The zero-order chi connectivity index (χ0) is 13.9. The van der Waals surface area contributed by atoms with E-state index in [0.29, 0.717) is 6.54 Å². The first-order chi connectivity index (χ1) is 9.72. The highest BCUT2D eigenvalue weighted by Crippen LogP contribution is 2.22. The molecule has 0 spiro atoms. The third kappa shape index (κ3) is 2.82. The van der Waals surface area contributed by atoms with Crippen LogP contribution in [0.15, 0.2) is 23.6 Å². The summed E-state index contributed by atoms with van der Waals surface area (Å²) in [4.78, 5) is 16.5. The minimum absolute atomic E-state index is 0.0359. The molecular weight excluding hydrogens is 270 g/mol. The lowest BCUT2D eigenvalue weighted by atomic mass is 10.0. The van der Waals surface area contributed by atoms with Gasteiger partial charge in [0.1, 0.15) is 5.01 Å². The number of anilines is 1. The lowest BCUT2D eigenvalue weighted by Gasteiger charge is -2.18. The highest BCUT2D eigenvalue weighted by atomic mass is 32.1. The number of nitrogens with zero attached hydrogens (tertiary/aromatic N) is 1. The average molecular weight is 287 g/mol. The number of carbonyl (C=O) groups is 1. The highest BCUT2D eigenvalue weighted by Gasteiger charge is 2.12. The van der Waals surface area contributed by atoms with Crippen LogP contribution in [0.25, 0.3) is 0 Å². The number of fused-ring (bicyclic) bond motifs is 1. The van der Waals surface area contributed by atoms with Crippen LogP contribution >= 0.6 is 11.3 Å². The summed E-state index contributed by atoms with van der Waals surface area (Å²) in [5.41, 5.74) is 4.11. The molecule has 1 aliphatic heterocycles. The van der Waals surface area contributed by atoms with E-state index in [1.807, 2.05) is 30.5 Å². The fourth-order valence-corrected chi connectivity index (χ4v) is 3.07. The monoisotopic (exact) mass is 287 g/mol. The lowest BCUT2D eigenvalue weighted by Crippen LogP contribution is -2.23. The molecule has 0 fully saturated rings. The number of aryl methyl sites for hydroxylation is 2. The van der Waals surface area contributed by atoms with Gasteiger partial charge in [-0.15, -0.1) is 11.3 Å². The molecule has 0 atom stereocenters. The molecule has 1 aliphatic rings. The maximum Gasteiger partial charge on any atom is 0.251 e. The van der Waals surface area contributed by atoms with Crippen LogP contribution in [-0.4, -0.2) is 17.4 Å². The normalized spacial score (nSPS) is 13.4. The first-order valence-corrected chi connectivity index (χ1v) is 7.66. The van der Waals surface area contributed by atoms with E-state index < -0.39 is 0 Å². The Labute approximate surface area is 122 Å². The van der Waals surface area contributed by atoms with E-state index in [4.69, 9.17) is 0 Å². The Morgan fingerprint density at radius 3 is 3.20 bits per heavy atom. The molecule has 0 saturated heterocycles. The topological polar surface area (TPSA) is 54.0 Å². The summed E-state index contributed by atoms with van der Waals surface area (Å²) in [6, 6.07) is 5.86. The summed E-state index contributed by atoms with van der Waals surface area (Å²) < 4.78 is 0. The number of nitrogens with one attached hydrogen (secondary N) is 2. The van der Waals surface area contributed by atoms with Gasteiger partial charge >= 0.3 is 0 Å². The maximum absolute atomic E-state index is 12.2. The number of hydrogen-bond acceptors (Lipinski definition) is 4. The van der Waals surface area contributed by atoms with Crippen molar-refractivity contribution in [3.8, 4) is 0 Å². The quantitative estimate of drug-likeness (QED) is 0.912. The van der Waals surface area contributed by atoms with Crippen molar-refractivity contribution in [1.29, 1.82) is 0 Å². The van der Waals surface area contributed by atoms with Crippen LogP contribution in [-0.2, 0) is 13.0 Å². The van der Waals surface area contributed by atoms with Crippen molar-refractivity contribution in [3.63, 3.8) is 0 Å². The molecule has 0 unspecified atom stereocenters. The fraction of sp³-hybridized carbons (Fsp3) is 0.333. The summed E-state index contributed by atoms with van der Waals surface area (Å²) in [5.74, 6) is -0.0359. The zero-order valence-corrected chi connectivity index (χ0v) is 12.2. The second-order valence-electron chi connectivity index (χ2n) is 4.97. The van der Waals surface area contributed by atoms with Gasteiger partial charge in [0.25, 0.3) is 5.91 Å². The van der Waals surface area contributed by atoms with Crippen LogP contribution < -0.4 is 10.6 Å². The lowest BCUT2D eigenvalue weighted by molar-refractivity contribution is 0.0951. The van der Waals surface area contributed by atoms with Crippen molar-refractivity contribution >= 4 is 22.9 Å².